The molecule has 0 aromatic carbocycles. The fourth-order valence-electron chi connectivity index (χ4n) is 2.15. The summed E-state index contributed by atoms with van der Waals surface area (Å²) in [6.07, 6.45) is 5.29. The quantitative estimate of drug-likeness (QED) is 0.805. The maximum absolute atomic E-state index is 11.9. The van der Waals surface area contributed by atoms with E-state index in [4.69, 9.17) is 0 Å². The summed E-state index contributed by atoms with van der Waals surface area (Å²) in [4.78, 5) is 4.05. The third kappa shape index (κ3) is 2.10. The predicted molar refractivity (Wildman–Crippen MR) is 62.4 cm³/mol. The third-order valence-corrected chi connectivity index (χ3v) is 4.88. The Labute approximate surface area is 96.4 Å². The van der Waals surface area contributed by atoms with E-state index in [-0.39, 0.29) is 11.8 Å². The lowest BCUT2D eigenvalue weighted by atomic mass is 10.1. The van der Waals surface area contributed by atoms with Crippen LogP contribution in [-0.2, 0) is 10.0 Å². The summed E-state index contributed by atoms with van der Waals surface area (Å²) >= 11 is 0. The molecule has 4 nitrogen and oxygen atoms in total. The van der Waals surface area contributed by atoms with Gasteiger partial charge in [0.1, 0.15) is 0 Å². The molecular formula is C11H16N2O2S. The molecule has 0 N–H and O–H groups in total. The molecule has 0 spiro atoms. The first-order valence-electron chi connectivity index (χ1n) is 5.54. The number of hydrogen-bond donors (Lipinski definition) is 0. The molecule has 1 atom stereocenters. The molecular weight excluding hydrogens is 224 g/mol. The summed E-state index contributed by atoms with van der Waals surface area (Å²) in [7, 11) is -3.09. The van der Waals surface area contributed by atoms with Crippen LogP contribution in [0.25, 0.3) is 0 Å². The van der Waals surface area contributed by atoms with Crippen LogP contribution in [-0.4, -0.2) is 30.0 Å². The minimum Gasteiger partial charge on any atom is -0.264 e. The molecule has 1 aromatic heterocycles. The van der Waals surface area contributed by atoms with Gasteiger partial charge in [0, 0.05) is 18.9 Å². The minimum absolute atomic E-state index is 0.0151. The second-order valence-electron chi connectivity index (χ2n) is 3.96. The van der Waals surface area contributed by atoms with Gasteiger partial charge in [-0.15, -0.1) is 0 Å². The van der Waals surface area contributed by atoms with Gasteiger partial charge < -0.3 is 0 Å². The third-order valence-electron chi connectivity index (χ3n) is 2.99. The van der Waals surface area contributed by atoms with Crippen LogP contribution in [0.2, 0.25) is 0 Å². The fraction of sp³-hybridized carbons (Fsp3) is 0.545. The SMILES string of the molecule is CCS(=O)(=O)N1CCCC1c1cccnc1. The molecule has 2 heterocycles. The minimum atomic E-state index is -3.09. The number of hydrogen-bond acceptors (Lipinski definition) is 3. The largest absolute Gasteiger partial charge is 0.264 e. The van der Waals surface area contributed by atoms with E-state index >= 15 is 0 Å². The first kappa shape index (κ1) is 11.5. The molecule has 1 aliphatic heterocycles. The molecule has 0 saturated carbocycles. The maximum atomic E-state index is 11.9. The van der Waals surface area contributed by atoms with Crippen molar-refractivity contribution >= 4 is 10.0 Å². The fourth-order valence-corrected chi connectivity index (χ4v) is 3.50. The molecule has 16 heavy (non-hydrogen) atoms. The van der Waals surface area contributed by atoms with Gasteiger partial charge in [0.2, 0.25) is 10.0 Å². The van der Waals surface area contributed by atoms with Crippen molar-refractivity contribution in [3.05, 3.63) is 30.1 Å². The van der Waals surface area contributed by atoms with Gasteiger partial charge in [-0.2, -0.15) is 4.31 Å². The Morgan fingerprint density at radius 3 is 3.00 bits per heavy atom. The molecule has 2 rings (SSSR count). The van der Waals surface area contributed by atoms with E-state index in [1.54, 1.807) is 23.6 Å². The first-order valence-corrected chi connectivity index (χ1v) is 7.15. The van der Waals surface area contributed by atoms with Crippen LogP contribution >= 0.6 is 0 Å². The summed E-state index contributed by atoms with van der Waals surface area (Å²) in [5.74, 6) is 0.170. The summed E-state index contributed by atoms with van der Waals surface area (Å²) in [5, 5.41) is 0. The van der Waals surface area contributed by atoms with Gasteiger partial charge in [0.05, 0.1) is 11.8 Å². The van der Waals surface area contributed by atoms with Gasteiger partial charge in [-0.3, -0.25) is 4.98 Å². The zero-order valence-electron chi connectivity index (χ0n) is 9.33. The normalized spacial score (nSPS) is 22.4. The monoisotopic (exact) mass is 240 g/mol. The lowest BCUT2D eigenvalue weighted by Crippen LogP contribution is -2.31. The second kappa shape index (κ2) is 4.51. The number of sulfonamides is 1. The van der Waals surface area contributed by atoms with E-state index in [1.807, 2.05) is 12.1 Å². The summed E-state index contributed by atoms with van der Waals surface area (Å²) in [6.45, 7) is 2.32. The lowest BCUT2D eigenvalue weighted by molar-refractivity contribution is 0.397. The van der Waals surface area contributed by atoms with Crippen LogP contribution in [0.5, 0.6) is 0 Å². The van der Waals surface area contributed by atoms with Crippen molar-refractivity contribution in [3.63, 3.8) is 0 Å². The summed E-state index contributed by atoms with van der Waals surface area (Å²) < 4.78 is 25.4. The Morgan fingerprint density at radius 1 is 1.56 bits per heavy atom. The molecule has 0 amide bonds. The molecule has 0 bridgehead atoms. The van der Waals surface area contributed by atoms with E-state index in [0.29, 0.717) is 6.54 Å². The molecule has 88 valence electrons. The zero-order valence-corrected chi connectivity index (χ0v) is 10.2. The van der Waals surface area contributed by atoms with E-state index in [9.17, 15) is 8.42 Å². The van der Waals surface area contributed by atoms with Gasteiger partial charge in [-0.25, -0.2) is 8.42 Å². The molecule has 0 aliphatic carbocycles. The molecule has 1 fully saturated rings. The molecule has 5 heteroatoms. The zero-order chi connectivity index (χ0) is 11.6. The van der Waals surface area contributed by atoms with Crippen LogP contribution in [0.3, 0.4) is 0 Å². The lowest BCUT2D eigenvalue weighted by Gasteiger charge is -2.23. The van der Waals surface area contributed by atoms with E-state index in [0.717, 1.165) is 18.4 Å². The number of rotatable bonds is 3. The highest BCUT2D eigenvalue weighted by Gasteiger charge is 2.33. The second-order valence-corrected chi connectivity index (χ2v) is 6.17. The highest BCUT2D eigenvalue weighted by molar-refractivity contribution is 7.89. The standard InChI is InChI=1S/C11H16N2O2S/c1-2-16(14,15)13-8-4-6-11(13)10-5-3-7-12-9-10/h3,5,7,9,11H,2,4,6,8H2,1H3. The van der Waals surface area contributed by atoms with Crippen molar-refractivity contribution in [1.29, 1.82) is 0 Å². The van der Waals surface area contributed by atoms with Crippen LogP contribution in [0.1, 0.15) is 31.4 Å². The molecule has 0 radical (unpaired) electrons. The summed E-state index contributed by atoms with van der Waals surface area (Å²) in [5.41, 5.74) is 0.997. The van der Waals surface area contributed by atoms with Crippen molar-refractivity contribution in [3.8, 4) is 0 Å². The van der Waals surface area contributed by atoms with Crippen LogP contribution in [0.15, 0.2) is 24.5 Å². The number of nitrogens with zero attached hydrogens (tertiary/aromatic N) is 2. The van der Waals surface area contributed by atoms with Gasteiger partial charge >= 0.3 is 0 Å². The van der Waals surface area contributed by atoms with Gasteiger partial charge in [-0.1, -0.05) is 6.07 Å². The van der Waals surface area contributed by atoms with Gasteiger partial charge in [0.15, 0.2) is 0 Å². The topological polar surface area (TPSA) is 50.3 Å². The van der Waals surface area contributed by atoms with Crippen LogP contribution in [0.4, 0.5) is 0 Å². The average Bonchev–Trinajstić information content (AvgIpc) is 2.80. The van der Waals surface area contributed by atoms with Gasteiger partial charge in [0.25, 0.3) is 0 Å². The van der Waals surface area contributed by atoms with Crippen molar-refractivity contribution < 1.29 is 8.42 Å². The average molecular weight is 240 g/mol. The summed E-state index contributed by atoms with van der Waals surface area (Å²) in [6, 6.07) is 3.78. The van der Waals surface area contributed by atoms with Gasteiger partial charge in [-0.05, 0) is 31.4 Å². The van der Waals surface area contributed by atoms with E-state index in [2.05, 4.69) is 4.98 Å². The van der Waals surface area contributed by atoms with E-state index in [1.165, 1.54) is 0 Å². The molecule has 1 saturated heterocycles. The molecule has 1 unspecified atom stereocenters. The first-order chi connectivity index (χ1) is 7.65. The Bertz CT molecular complexity index is 444. The van der Waals surface area contributed by atoms with Crippen molar-refractivity contribution in [1.82, 2.24) is 9.29 Å². The maximum Gasteiger partial charge on any atom is 0.214 e. The molecule has 1 aromatic rings. The highest BCUT2D eigenvalue weighted by atomic mass is 32.2. The Kier molecular flexibility index (Phi) is 3.25. The number of aromatic nitrogens is 1. The van der Waals surface area contributed by atoms with Crippen LogP contribution in [0, 0.1) is 0 Å². The van der Waals surface area contributed by atoms with Crippen molar-refractivity contribution in [2.45, 2.75) is 25.8 Å². The number of pyridine rings is 1. The Balaban J connectivity index is 2.29. The Morgan fingerprint density at radius 2 is 2.38 bits per heavy atom. The van der Waals surface area contributed by atoms with Crippen LogP contribution < -0.4 is 0 Å². The highest BCUT2D eigenvalue weighted by Crippen LogP contribution is 2.33. The van der Waals surface area contributed by atoms with Crippen molar-refractivity contribution in [2.24, 2.45) is 0 Å². The molecule has 1 aliphatic rings. The Hall–Kier alpha value is -0.940. The smallest absolute Gasteiger partial charge is 0.214 e. The van der Waals surface area contributed by atoms with Crippen molar-refractivity contribution in [2.75, 3.05) is 12.3 Å². The predicted octanol–water partition coefficient (Wildman–Crippen LogP) is 1.57. The van der Waals surface area contributed by atoms with E-state index < -0.39 is 10.0 Å².